The fourth-order valence-electron chi connectivity index (χ4n) is 5.50. The van der Waals surface area contributed by atoms with E-state index in [4.69, 9.17) is 0 Å². The molecular formula is C27H29F5O. The van der Waals surface area contributed by atoms with Crippen LogP contribution in [0.1, 0.15) is 79.0 Å². The molecule has 0 heterocycles. The minimum Gasteiger partial charge on any atom is -0.399 e. The number of halogens is 5. The molecule has 0 amide bonds. The molecular weight excluding hydrogens is 435 g/mol. The van der Waals surface area contributed by atoms with Crippen molar-refractivity contribution >= 4 is 0 Å². The van der Waals surface area contributed by atoms with Gasteiger partial charge in [-0.15, -0.1) is 19.8 Å². The molecule has 2 aromatic carbocycles. The van der Waals surface area contributed by atoms with E-state index in [-0.39, 0.29) is 17.9 Å². The van der Waals surface area contributed by atoms with Gasteiger partial charge in [0.2, 0.25) is 5.75 Å². The standard InChI is InChI=1S/C27H29F5O/c1-2-3-4-17-5-7-18(8-6-17)19-9-11-20(12-10-19)21-13-14-23-22(15-21)16-24(28)26(25(23)29)33-27(30,31)32/h2,9-12,16-18,21H,1,3-8,13-15H2. The number of hydrogen-bond acceptors (Lipinski definition) is 1. The van der Waals surface area contributed by atoms with Crippen LogP contribution in [0.5, 0.6) is 5.75 Å². The summed E-state index contributed by atoms with van der Waals surface area (Å²) in [6.07, 6.45) is 5.27. The van der Waals surface area contributed by atoms with Gasteiger partial charge >= 0.3 is 6.36 Å². The van der Waals surface area contributed by atoms with E-state index >= 15 is 0 Å². The molecule has 1 unspecified atom stereocenters. The molecule has 33 heavy (non-hydrogen) atoms. The molecule has 0 N–H and O–H groups in total. The SMILES string of the molecule is C=CCCC1CCC(c2ccc(C3CCc4c(cc(F)c(OC(F)(F)F)c4F)C3)cc2)CC1. The van der Waals surface area contributed by atoms with Gasteiger partial charge in [-0.1, -0.05) is 30.3 Å². The maximum Gasteiger partial charge on any atom is 0.573 e. The van der Waals surface area contributed by atoms with Gasteiger partial charge in [0.05, 0.1) is 0 Å². The molecule has 6 heteroatoms. The lowest BCUT2D eigenvalue weighted by molar-refractivity contribution is -0.276. The van der Waals surface area contributed by atoms with E-state index in [0.29, 0.717) is 24.3 Å². The van der Waals surface area contributed by atoms with Crippen molar-refractivity contribution < 1.29 is 26.7 Å². The van der Waals surface area contributed by atoms with E-state index in [1.165, 1.54) is 37.7 Å². The van der Waals surface area contributed by atoms with Gasteiger partial charge in [0.15, 0.2) is 11.6 Å². The lowest BCUT2D eigenvalue weighted by Gasteiger charge is -2.29. The van der Waals surface area contributed by atoms with E-state index in [1.54, 1.807) is 0 Å². The van der Waals surface area contributed by atoms with Gasteiger partial charge < -0.3 is 4.74 Å². The number of alkyl halides is 3. The Morgan fingerprint density at radius 1 is 0.939 bits per heavy atom. The Balaban J connectivity index is 1.42. The van der Waals surface area contributed by atoms with Crippen LogP contribution in [0.15, 0.2) is 43.0 Å². The zero-order chi connectivity index (χ0) is 23.6. The van der Waals surface area contributed by atoms with Crippen molar-refractivity contribution in [3.05, 3.63) is 76.9 Å². The predicted molar refractivity (Wildman–Crippen MR) is 118 cm³/mol. The molecule has 0 aliphatic heterocycles. The molecule has 2 aliphatic carbocycles. The summed E-state index contributed by atoms with van der Waals surface area (Å²) in [6.45, 7) is 3.81. The summed E-state index contributed by atoms with van der Waals surface area (Å²) in [6, 6.07) is 9.53. The molecule has 2 aromatic rings. The smallest absolute Gasteiger partial charge is 0.399 e. The molecule has 4 rings (SSSR count). The molecule has 2 aliphatic rings. The van der Waals surface area contributed by atoms with Crippen LogP contribution in [0.4, 0.5) is 22.0 Å². The molecule has 1 fully saturated rings. The van der Waals surface area contributed by atoms with Crippen LogP contribution in [-0.2, 0) is 12.8 Å². The minimum atomic E-state index is -5.14. The van der Waals surface area contributed by atoms with Crippen molar-refractivity contribution in [2.75, 3.05) is 0 Å². The second-order valence-corrected chi connectivity index (χ2v) is 9.38. The number of allylic oxidation sites excluding steroid dienone is 1. The fraction of sp³-hybridized carbons (Fsp3) is 0.481. The molecule has 1 atom stereocenters. The topological polar surface area (TPSA) is 9.23 Å². The number of hydrogen-bond donors (Lipinski definition) is 0. The van der Waals surface area contributed by atoms with Crippen LogP contribution in [0.3, 0.4) is 0 Å². The summed E-state index contributed by atoms with van der Waals surface area (Å²) in [4.78, 5) is 0. The van der Waals surface area contributed by atoms with Crippen LogP contribution >= 0.6 is 0 Å². The van der Waals surface area contributed by atoms with E-state index < -0.39 is 23.7 Å². The van der Waals surface area contributed by atoms with Crippen molar-refractivity contribution in [2.24, 2.45) is 5.92 Å². The first kappa shape index (κ1) is 23.8. The highest BCUT2D eigenvalue weighted by Gasteiger charge is 2.36. The Kier molecular flexibility index (Phi) is 7.10. The van der Waals surface area contributed by atoms with Crippen LogP contribution in [0.2, 0.25) is 0 Å². The second kappa shape index (κ2) is 9.86. The van der Waals surface area contributed by atoms with E-state index in [1.807, 2.05) is 6.08 Å². The van der Waals surface area contributed by atoms with Gasteiger partial charge in [0.1, 0.15) is 0 Å². The quantitative estimate of drug-likeness (QED) is 0.308. The predicted octanol–water partition coefficient (Wildman–Crippen LogP) is 8.38. The molecule has 0 saturated heterocycles. The summed E-state index contributed by atoms with van der Waals surface area (Å²) < 4.78 is 69.8. The Hall–Kier alpha value is -2.37. The van der Waals surface area contributed by atoms with Crippen molar-refractivity contribution in [1.29, 1.82) is 0 Å². The van der Waals surface area contributed by atoms with Crippen LogP contribution < -0.4 is 4.74 Å². The molecule has 0 bridgehead atoms. The van der Waals surface area contributed by atoms with Gasteiger partial charge in [-0.05, 0) is 104 Å². The normalized spacial score (nSPS) is 23.1. The molecule has 0 aromatic heterocycles. The fourth-order valence-corrected chi connectivity index (χ4v) is 5.50. The number of rotatable bonds is 6. The Labute approximate surface area is 191 Å². The second-order valence-electron chi connectivity index (χ2n) is 9.38. The monoisotopic (exact) mass is 464 g/mol. The van der Waals surface area contributed by atoms with Crippen LogP contribution in [0.25, 0.3) is 0 Å². The highest BCUT2D eigenvalue weighted by atomic mass is 19.4. The van der Waals surface area contributed by atoms with Crippen molar-refractivity contribution in [3.8, 4) is 5.75 Å². The third-order valence-electron chi connectivity index (χ3n) is 7.30. The molecule has 1 saturated carbocycles. The van der Waals surface area contributed by atoms with Gasteiger partial charge in [-0.25, -0.2) is 8.78 Å². The minimum absolute atomic E-state index is 0.0781. The zero-order valence-corrected chi connectivity index (χ0v) is 18.6. The van der Waals surface area contributed by atoms with Gasteiger partial charge in [0, 0.05) is 0 Å². The average Bonchev–Trinajstić information content (AvgIpc) is 2.80. The summed E-state index contributed by atoms with van der Waals surface area (Å²) in [7, 11) is 0. The number of benzene rings is 2. The van der Waals surface area contributed by atoms with Gasteiger partial charge in [-0.3, -0.25) is 0 Å². The average molecular weight is 465 g/mol. The van der Waals surface area contributed by atoms with Crippen molar-refractivity contribution in [1.82, 2.24) is 0 Å². The van der Waals surface area contributed by atoms with Crippen LogP contribution in [0, 0.1) is 17.6 Å². The molecule has 1 nitrogen and oxygen atoms in total. The summed E-state index contributed by atoms with van der Waals surface area (Å²) in [5.74, 6) is -2.47. The summed E-state index contributed by atoms with van der Waals surface area (Å²) in [5, 5.41) is 0. The van der Waals surface area contributed by atoms with E-state index in [9.17, 15) is 22.0 Å². The van der Waals surface area contributed by atoms with E-state index in [0.717, 1.165) is 24.0 Å². The van der Waals surface area contributed by atoms with Crippen molar-refractivity contribution in [3.63, 3.8) is 0 Å². The number of fused-ring (bicyclic) bond motifs is 1. The maximum atomic E-state index is 14.6. The van der Waals surface area contributed by atoms with Crippen LogP contribution in [-0.4, -0.2) is 6.36 Å². The van der Waals surface area contributed by atoms with Gasteiger partial charge in [-0.2, -0.15) is 0 Å². The van der Waals surface area contributed by atoms with Gasteiger partial charge in [0.25, 0.3) is 0 Å². The third-order valence-corrected chi connectivity index (χ3v) is 7.30. The van der Waals surface area contributed by atoms with E-state index in [2.05, 4.69) is 35.6 Å². The lowest BCUT2D eigenvalue weighted by Crippen LogP contribution is -2.21. The highest BCUT2D eigenvalue weighted by molar-refractivity contribution is 5.42. The first-order chi connectivity index (χ1) is 15.7. The first-order valence-corrected chi connectivity index (χ1v) is 11.7. The number of ether oxygens (including phenoxy) is 1. The highest BCUT2D eigenvalue weighted by Crippen LogP contribution is 2.41. The Morgan fingerprint density at radius 2 is 1.58 bits per heavy atom. The molecule has 0 radical (unpaired) electrons. The lowest BCUT2D eigenvalue weighted by atomic mass is 9.76. The summed E-state index contributed by atoms with van der Waals surface area (Å²) >= 11 is 0. The maximum absolute atomic E-state index is 14.6. The summed E-state index contributed by atoms with van der Waals surface area (Å²) in [5.41, 5.74) is 2.97. The largest absolute Gasteiger partial charge is 0.573 e. The Bertz CT molecular complexity index is 971. The first-order valence-electron chi connectivity index (χ1n) is 11.7. The third kappa shape index (κ3) is 5.59. The zero-order valence-electron chi connectivity index (χ0n) is 18.6. The molecule has 178 valence electrons. The Morgan fingerprint density at radius 3 is 2.18 bits per heavy atom. The van der Waals surface area contributed by atoms with Crippen molar-refractivity contribution in [2.45, 2.75) is 76.0 Å². The molecule has 0 spiro atoms.